The molecule has 3 aliphatic rings. The molecule has 3 aromatic rings. The molecule has 0 spiro atoms. The van der Waals surface area contributed by atoms with Crippen molar-refractivity contribution in [1.82, 2.24) is 9.29 Å². The number of pyridine rings is 1. The number of aromatic nitrogens is 1. The first kappa shape index (κ1) is 24.8. The topological polar surface area (TPSA) is 107 Å². The van der Waals surface area contributed by atoms with Crippen molar-refractivity contribution in [3.63, 3.8) is 0 Å². The van der Waals surface area contributed by atoms with Gasteiger partial charge in [0.05, 0.1) is 22.6 Å². The van der Waals surface area contributed by atoms with E-state index in [1.54, 1.807) is 37.4 Å². The molecular formula is C28H29N3O6S. The molecule has 0 bridgehead atoms. The van der Waals surface area contributed by atoms with Crippen LogP contribution in [0.25, 0.3) is 11.3 Å². The third-order valence-electron chi connectivity index (χ3n) is 7.54. The first-order valence-electron chi connectivity index (χ1n) is 12.7. The number of nitrogens with one attached hydrogen (secondary N) is 1. The fourth-order valence-corrected chi connectivity index (χ4v) is 6.96. The van der Waals surface area contributed by atoms with Crippen molar-refractivity contribution in [2.24, 2.45) is 0 Å². The summed E-state index contributed by atoms with van der Waals surface area (Å²) < 4.78 is 44.1. The van der Waals surface area contributed by atoms with Crippen molar-refractivity contribution >= 4 is 21.7 Å². The first-order valence-corrected chi connectivity index (χ1v) is 14.1. The SMILES string of the molecule is COCC1CCCN1S(=O)(=O)c1ccc(-c2cccc(NC(=O)C3(c4ccc5c(c4)OCO5)CC3)n2)cc1. The minimum absolute atomic E-state index is 0.112. The summed E-state index contributed by atoms with van der Waals surface area (Å²) >= 11 is 0. The van der Waals surface area contributed by atoms with Crippen molar-refractivity contribution in [3.05, 3.63) is 66.2 Å². The summed E-state index contributed by atoms with van der Waals surface area (Å²) in [6.07, 6.45) is 3.11. The van der Waals surface area contributed by atoms with Crippen LogP contribution in [-0.4, -0.2) is 56.7 Å². The zero-order chi connectivity index (χ0) is 26.3. The van der Waals surface area contributed by atoms with Crippen LogP contribution in [0.3, 0.4) is 0 Å². The number of hydrogen-bond donors (Lipinski definition) is 1. The fourth-order valence-electron chi connectivity index (χ4n) is 5.28. The van der Waals surface area contributed by atoms with Crippen molar-refractivity contribution < 1.29 is 27.4 Å². The Labute approximate surface area is 221 Å². The number of anilines is 1. The van der Waals surface area contributed by atoms with Gasteiger partial charge in [0, 0.05) is 25.3 Å². The number of fused-ring (bicyclic) bond motifs is 1. The zero-order valence-corrected chi connectivity index (χ0v) is 21.9. The van der Waals surface area contributed by atoms with E-state index < -0.39 is 15.4 Å². The van der Waals surface area contributed by atoms with Gasteiger partial charge in [-0.2, -0.15) is 4.31 Å². The molecule has 198 valence electrons. The predicted octanol–water partition coefficient (Wildman–Crippen LogP) is 3.95. The highest BCUT2D eigenvalue weighted by atomic mass is 32.2. The normalized spacial score (nSPS) is 19.9. The third-order valence-corrected chi connectivity index (χ3v) is 9.51. The Bertz CT molecular complexity index is 1470. The molecular weight excluding hydrogens is 506 g/mol. The minimum atomic E-state index is -3.61. The zero-order valence-electron chi connectivity index (χ0n) is 21.1. The maximum Gasteiger partial charge on any atom is 0.243 e. The van der Waals surface area contributed by atoms with Crippen molar-refractivity contribution in [2.75, 3.05) is 32.4 Å². The number of benzene rings is 2. The monoisotopic (exact) mass is 535 g/mol. The van der Waals surface area contributed by atoms with Gasteiger partial charge in [0.15, 0.2) is 11.5 Å². The summed E-state index contributed by atoms with van der Waals surface area (Å²) in [7, 11) is -2.03. The fraction of sp³-hybridized carbons (Fsp3) is 0.357. The molecule has 38 heavy (non-hydrogen) atoms. The number of carbonyl (C=O) groups excluding carboxylic acids is 1. The van der Waals surface area contributed by atoms with Crippen LogP contribution in [0, 0.1) is 0 Å². The van der Waals surface area contributed by atoms with Gasteiger partial charge in [0.25, 0.3) is 0 Å². The van der Waals surface area contributed by atoms with E-state index in [9.17, 15) is 13.2 Å². The van der Waals surface area contributed by atoms with Crippen LogP contribution in [-0.2, 0) is 25.0 Å². The van der Waals surface area contributed by atoms with E-state index in [4.69, 9.17) is 14.2 Å². The van der Waals surface area contributed by atoms with E-state index in [0.717, 1.165) is 36.8 Å². The van der Waals surface area contributed by atoms with Crippen molar-refractivity contribution in [3.8, 4) is 22.8 Å². The first-order chi connectivity index (χ1) is 18.4. The average molecular weight is 536 g/mol. The number of hydrogen-bond acceptors (Lipinski definition) is 7. The molecule has 3 heterocycles. The predicted molar refractivity (Wildman–Crippen MR) is 141 cm³/mol. The van der Waals surface area contributed by atoms with Gasteiger partial charge < -0.3 is 19.5 Å². The van der Waals surface area contributed by atoms with Gasteiger partial charge in [0.1, 0.15) is 5.82 Å². The van der Waals surface area contributed by atoms with Crippen LogP contribution in [0.15, 0.2) is 65.6 Å². The number of rotatable bonds is 8. The summed E-state index contributed by atoms with van der Waals surface area (Å²) in [5.74, 6) is 1.67. The quantitative estimate of drug-likeness (QED) is 0.466. The molecule has 1 saturated carbocycles. The molecule has 1 N–H and O–H groups in total. The van der Waals surface area contributed by atoms with Crippen LogP contribution in [0.5, 0.6) is 11.5 Å². The Kier molecular flexibility index (Phi) is 6.33. The summed E-state index contributed by atoms with van der Waals surface area (Å²) in [5, 5.41) is 2.97. The Morgan fingerprint density at radius 1 is 1.11 bits per heavy atom. The molecule has 2 aliphatic heterocycles. The molecule has 1 saturated heterocycles. The largest absolute Gasteiger partial charge is 0.454 e. The number of nitrogens with zero attached hydrogens (tertiary/aromatic N) is 2. The second kappa shape index (κ2) is 9.68. The van der Waals surface area contributed by atoms with Gasteiger partial charge in [-0.25, -0.2) is 13.4 Å². The summed E-state index contributed by atoms with van der Waals surface area (Å²) in [4.78, 5) is 18.2. The number of ether oxygens (including phenoxy) is 3. The Morgan fingerprint density at radius 2 is 1.89 bits per heavy atom. The van der Waals surface area contributed by atoms with Gasteiger partial charge in [0.2, 0.25) is 22.7 Å². The molecule has 1 aliphatic carbocycles. The number of sulfonamides is 1. The highest BCUT2D eigenvalue weighted by Crippen LogP contribution is 2.51. The molecule has 9 nitrogen and oxygen atoms in total. The number of carbonyl (C=O) groups is 1. The van der Waals surface area contributed by atoms with Gasteiger partial charge in [-0.15, -0.1) is 0 Å². The van der Waals surface area contributed by atoms with Crippen LogP contribution in [0.1, 0.15) is 31.2 Å². The second-order valence-electron chi connectivity index (χ2n) is 9.90. The standard InChI is InChI=1S/C28H29N3O6S/c1-35-17-21-4-3-15-31(21)38(33,34)22-10-7-19(8-11-22)23-5-2-6-26(29-23)30-27(32)28(13-14-28)20-9-12-24-25(16-20)37-18-36-24/h2,5-12,16,21H,3-4,13-15,17-18H2,1H3,(H,29,30,32). The Hall–Kier alpha value is -3.47. The van der Waals surface area contributed by atoms with Gasteiger partial charge in [-0.3, -0.25) is 4.79 Å². The highest BCUT2D eigenvalue weighted by molar-refractivity contribution is 7.89. The van der Waals surface area contributed by atoms with E-state index in [0.29, 0.717) is 36.2 Å². The lowest BCUT2D eigenvalue weighted by atomic mass is 9.94. The number of amides is 1. The van der Waals surface area contributed by atoms with Crippen LogP contribution >= 0.6 is 0 Å². The van der Waals surface area contributed by atoms with Gasteiger partial charge in [-0.05, 0) is 67.6 Å². The van der Waals surface area contributed by atoms with E-state index in [2.05, 4.69) is 10.3 Å². The van der Waals surface area contributed by atoms with Crippen molar-refractivity contribution in [2.45, 2.75) is 42.0 Å². The molecule has 2 aromatic carbocycles. The lowest BCUT2D eigenvalue weighted by molar-refractivity contribution is -0.118. The van der Waals surface area contributed by atoms with Gasteiger partial charge in [-0.1, -0.05) is 24.3 Å². The van der Waals surface area contributed by atoms with Gasteiger partial charge >= 0.3 is 0 Å². The molecule has 1 unspecified atom stereocenters. The molecule has 10 heteroatoms. The lowest BCUT2D eigenvalue weighted by Crippen LogP contribution is -2.38. The molecule has 6 rings (SSSR count). The average Bonchev–Trinajstić information content (AvgIpc) is 3.37. The van der Waals surface area contributed by atoms with E-state index in [-0.39, 0.29) is 23.6 Å². The molecule has 1 aromatic heterocycles. The van der Waals surface area contributed by atoms with E-state index >= 15 is 0 Å². The summed E-state index contributed by atoms with van der Waals surface area (Å²) in [6.45, 7) is 1.07. The summed E-state index contributed by atoms with van der Waals surface area (Å²) in [6, 6.07) is 17.6. The van der Waals surface area contributed by atoms with Crippen molar-refractivity contribution in [1.29, 1.82) is 0 Å². The Balaban J connectivity index is 1.18. The Morgan fingerprint density at radius 3 is 2.66 bits per heavy atom. The number of methoxy groups -OCH3 is 1. The minimum Gasteiger partial charge on any atom is -0.454 e. The van der Waals surface area contributed by atoms with Crippen LogP contribution in [0.2, 0.25) is 0 Å². The van der Waals surface area contributed by atoms with Crippen LogP contribution < -0.4 is 14.8 Å². The second-order valence-corrected chi connectivity index (χ2v) is 11.8. The molecule has 0 radical (unpaired) electrons. The lowest BCUT2D eigenvalue weighted by Gasteiger charge is -2.23. The van der Waals surface area contributed by atoms with Crippen LogP contribution in [0.4, 0.5) is 5.82 Å². The smallest absolute Gasteiger partial charge is 0.243 e. The maximum atomic E-state index is 13.3. The maximum absolute atomic E-state index is 13.3. The summed E-state index contributed by atoms with van der Waals surface area (Å²) in [5.41, 5.74) is 1.69. The molecule has 2 fully saturated rings. The molecule has 1 amide bonds. The van der Waals surface area contributed by atoms with E-state index in [1.165, 1.54) is 4.31 Å². The van der Waals surface area contributed by atoms with E-state index in [1.807, 2.05) is 30.3 Å². The highest BCUT2D eigenvalue weighted by Gasteiger charge is 2.51. The third kappa shape index (κ3) is 4.42. The molecule has 1 atom stereocenters.